The van der Waals surface area contributed by atoms with Gasteiger partial charge in [-0.15, -0.1) is 11.3 Å². The maximum atomic E-state index is 12.2. The first-order valence-electron chi connectivity index (χ1n) is 9.60. The molecule has 160 valence electrons. The van der Waals surface area contributed by atoms with Gasteiger partial charge in [-0.25, -0.2) is 4.98 Å². The standard InChI is InChI=1S/C20H22Cl2N4O2S2/c1-12-3-4-14(28-2)16-17(12)30-20(24-16)26-9-7-25(8-10-26)6-5-23-19(27)13-11-15(21)29-18(13)22/h3-4,11H,5-10H2,1-2H3,(H,23,27). The molecule has 4 rings (SSSR count). The van der Waals surface area contributed by atoms with Gasteiger partial charge in [-0.2, -0.15) is 0 Å². The van der Waals surface area contributed by atoms with Gasteiger partial charge in [-0.05, 0) is 24.6 Å². The second kappa shape index (κ2) is 9.28. The fraction of sp³-hybridized carbons (Fsp3) is 0.400. The molecule has 0 radical (unpaired) electrons. The lowest BCUT2D eigenvalue weighted by Gasteiger charge is -2.34. The van der Waals surface area contributed by atoms with E-state index in [2.05, 4.69) is 28.1 Å². The molecule has 1 N–H and O–H groups in total. The Morgan fingerprint density at radius 3 is 2.67 bits per heavy atom. The van der Waals surface area contributed by atoms with Crippen LogP contribution in [0, 0.1) is 6.92 Å². The van der Waals surface area contributed by atoms with Crippen molar-refractivity contribution in [2.45, 2.75) is 6.92 Å². The summed E-state index contributed by atoms with van der Waals surface area (Å²) >= 11 is 14.9. The average Bonchev–Trinajstić information content (AvgIpc) is 3.33. The summed E-state index contributed by atoms with van der Waals surface area (Å²) in [7, 11) is 1.68. The van der Waals surface area contributed by atoms with Gasteiger partial charge in [0.25, 0.3) is 5.91 Å². The number of fused-ring (bicyclic) bond motifs is 1. The summed E-state index contributed by atoms with van der Waals surface area (Å²) in [6.07, 6.45) is 0. The van der Waals surface area contributed by atoms with E-state index in [9.17, 15) is 4.79 Å². The first kappa shape index (κ1) is 21.6. The molecule has 0 spiro atoms. The number of thiophene rings is 1. The summed E-state index contributed by atoms with van der Waals surface area (Å²) in [5.74, 6) is 0.639. The maximum absolute atomic E-state index is 12.2. The van der Waals surface area contributed by atoms with Gasteiger partial charge < -0.3 is 15.0 Å². The molecule has 1 amide bonds. The van der Waals surface area contributed by atoms with Crippen LogP contribution in [0.5, 0.6) is 5.75 Å². The summed E-state index contributed by atoms with van der Waals surface area (Å²) in [5.41, 5.74) is 2.60. The number of carbonyl (C=O) groups excluding carboxylic acids is 1. The summed E-state index contributed by atoms with van der Waals surface area (Å²) in [6, 6.07) is 5.66. The van der Waals surface area contributed by atoms with Gasteiger partial charge in [0.1, 0.15) is 15.6 Å². The van der Waals surface area contributed by atoms with E-state index in [1.807, 2.05) is 6.07 Å². The number of aryl methyl sites for hydroxylation is 1. The van der Waals surface area contributed by atoms with Crippen molar-refractivity contribution >= 4 is 67.1 Å². The van der Waals surface area contributed by atoms with Crippen LogP contribution in [0.25, 0.3) is 10.2 Å². The molecule has 0 aliphatic carbocycles. The van der Waals surface area contributed by atoms with Crippen molar-refractivity contribution in [1.29, 1.82) is 0 Å². The van der Waals surface area contributed by atoms with Crippen molar-refractivity contribution < 1.29 is 9.53 Å². The third-order valence-corrected chi connectivity index (χ3v) is 7.91. The Balaban J connectivity index is 1.30. The average molecular weight is 485 g/mol. The highest BCUT2D eigenvalue weighted by molar-refractivity contribution is 7.22. The monoisotopic (exact) mass is 484 g/mol. The number of ether oxygens (including phenoxy) is 1. The van der Waals surface area contributed by atoms with Crippen molar-refractivity contribution in [2.24, 2.45) is 0 Å². The minimum Gasteiger partial charge on any atom is -0.494 e. The van der Waals surface area contributed by atoms with E-state index in [1.165, 1.54) is 21.6 Å². The molecule has 1 fully saturated rings. The number of carbonyl (C=O) groups is 1. The quantitative estimate of drug-likeness (QED) is 0.556. The molecule has 1 aromatic carbocycles. The lowest BCUT2D eigenvalue weighted by Crippen LogP contribution is -2.48. The Labute approximate surface area is 193 Å². The van der Waals surface area contributed by atoms with E-state index in [1.54, 1.807) is 24.5 Å². The van der Waals surface area contributed by atoms with Crippen molar-refractivity contribution in [3.63, 3.8) is 0 Å². The van der Waals surface area contributed by atoms with Crippen LogP contribution in [0.15, 0.2) is 18.2 Å². The summed E-state index contributed by atoms with van der Waals surface area (Å²) in [5, 5.41) is 3.96. The van der Waals surface area contributed by atoms with E-state index in [0.717, 1.165) is 49.1 Å². The molecule has 30 heavy (non-hydrogen) atoms. The minimum atomic E-state index is -0.180. The number of amides is 1. The predicted octanol–water partition coefficient (Wildman–Crippen LogP) is 4.53. The number of thiazole rings is 1. The Bertz CT molecular complexity index is 1060. The van der Waals surface area contributed by atoms with Crippen molar-refractivity contribution in [3.05, 3.63) is 38.0 Å². The predicted molar refractivity (Wildman–Crippen MR) is 126 cm³/mol. The maximum Gasteiger partial charge on any atom is 0.253 e. The highest BCUT2D eigenvalue weighted by Gasteiger charge is 2.21. The van der Waals surface area contributed by atoms with Crippen molar-refractivity contribution in [2.75, 3.05) is 51.3 Å². The molecule has 6 nitrogen and oxygen atoms in total. The number of hydrogen-bond donors (Lipinski definition) is 1. The van der Waals surface area contributed by atoms with Crippen molar-refractivity contribution in [3.8, 4) is 5.75 Å². The molecule has 2 aromatic heterocycles. The minimum absolute atomic E-state index is 0.180. The SMILES string of the molecule is COc1ccc(C)c2sc(N3CCN(CCNC(=O)c4cc(Cl)sc4Cl)CC3)nc12. The smallest absolute Gasteiger partial charge is 0.253 e. The van der Waals surface area contributed by atoms with Crippen LogP contribution >= 0.6 is 45.9 Å². The van der Waals surface area contributed by atoms with Gasteiger partial charge >= 0.3 is 0 Å². The number of methoxy groups -OCH3 is 1. The first-order valence-corrected chi connectivity index (χ1v) is 12.0. The number of benzene rings is 1. The van der Waals surface area contributed by atoms with Crippen LogP contribution in [0.2, 0.25) is 8.67 Å². The molecule has 0 bridgehead atoms. The zero-order valence-electron chi connectivity index (χ0n) is 16.7. The number of nitrogens with zero attached hydrogens (tertiary/aromatic N) is 3. The molecule has 0 saturated carbocycles. The lowest BCUT2D eigenvalue weighted by atomic mass is 10.2. The van der Waals surface area contributed by atoms with Crippen molar-refractivity contribution in [1.82, 2.24) is 15.2 Å². The van der Waals surface area contributed by atoms with Crippen LogP contribution < -0.4 is 15.0 Å². The zero-order chi connectivity index (χ0) is 21.3. The molecule has 1 aliphatic rings. The van der Waals surface area contributed by atoms with E-state index in [-0.39, 0.29) is 5.91 Å². The number of anilines is 1. The summed E-state index contributed by atoms with van der Waals surface area (Å²) in [4.78, 5) is 21.7. The molecule has 3 heterocycles. The number of nitrogens with one attached hydrogen (secondary N) is 1. The molecular weight excluding hydrogens is 463 g/mol. The molecule has 0 atom stereocenters. The number of rotatable bonds is 6. The molecular formula is C20H22Cl2N4O2S2. The van der Waals surface area contributed by atoms with E-state index < -0.39 is 0 Å². The van der Waals surface area contributed by atoms with Crippen LogP contribution in [-0.4, -0.2) is 62.2 Å². The fourth-order valence-electron chi connectivity index (χ4n) is 3.48. The highest BCUT2D eigenvalue weighted by atomic mass is 35.5. The fourth-order valence-corrected chi connectivity index (χ4v) is 6.04. The third-order valence-electron chi connectivity index (χ3n) is 5.17. The Morgan fingerprint density at radius 1 is 1.23 bits per heavy atom. The topological polar surface area (TPSA) is 57.7 Å². The van der Waals surface area contributed by atoms with Gasteiger partial charge in [0.2, 0.25) is 0 Å². The van der Waals surface area contributed by atoms with Gasteiger partial charge in [0.05, 0.1) is 21.7 Å². The van der Waals surface area contributed by atoms with E-state index in [0.29, 0.717) is 20.8 Å². The number of halogens is 2. The Kier molecular flexibility index (Phi) is 6.69. The number of piperazine rings is 1. The van der Waals surface area contributed by atoms with Crippen LogP contribution in [0.1, 0.15) is 15.9 Å². The summed E-state index contributed by atoms with van der Waals surface area (Å²) < 4.78 is 7.60. The largest absolute Gasteiger partial charge is 0.494 e. The van der Waals surface area contributed by atoms with Gasteiger partial charge in [-0.1, -0.05) is 40.6 Å². The van der Waals surface area contributed by atoms with Gasteiger partial charge in [0, 0.05) is 39.3 Å². The first-order chi connectivity index (χ1) is 14.5. The molecule has 0 unspecified atom stereocenters. The second-order valence-corrected chi connectivity index (χ2v) is 10.3. The van der Waals surface area contributed by atoms with Gasteiger partial charge in [0.15, 0.2) is 5.13 Å². The second-order valence-electron chi connectivity index (χ2n) is 7.08. The third kappa shape index (κ3) is 4.53. The van der Waals surface area contributed by atoms with Crippen LogP contribution in [-0.2, 0) is 0 Å². The van der Waals surface area contributed by atoms with E-state index >= 15 is 0 Å². The Hall–Kier alpha value is -1.58. The normalized spacial score (nSPS) is 15.0. The lowest BCUT2D eigenvalue weighted by molar-refractivity contribution is 0.0948. The van der Waals surface area contributed by atoms with Gasteiger partial charge in [-0.3, -0.25) is 9.69 Å². The molecule has 1 saturated heterocycles. The molecule has 10 heteroatoms. The van der Waals surface area contributed by atoms with Crippen LogP contribution in [0.3, 0.4) is 0 Å². The molecule has 3 aromatic rings. The molecule has 1 aliphatic heterocycles. The summed E-state index contributed by atoms with van der Waals surface area (Å²) in [6.45, 7) is 7.12. The number of aromatic nitrogens is 1. The van der Waals surface area contributed by atoms with E-state index in [4.69, 9.17) is 32.9 Å². The number of hydrogen-bond acceptors (Lipinski definition) is 7. The zero-order valence-corrected chi connectivity index (χ0v) is 19.9. The highest BCUT2D eigenvalue weighted by Crippen LogP contribution is 2.36. The van der Waals surface area contributed by atoms with Crippen LogP contribution in [0.4, 0.5) is 5.13 Å². The Morgan fingerprint density at radius 2 is 2.00 bits per heavy atom.